The number of aliphatic carboxylic acids is 1. The van der Waals surface area contributed by atoms with Gasteiger partial charge in [0.05, 0.1) is 13.7 Å². The highest BCUT2D eigenvalue weighted by molar-refractivity contribution is 5.92. The number of benzene rings is 2. The lowest BCUT2D eigenvalue weighted by molar-refractivity contribution is -0.146. The van der Waals surface area contributed by atoms with Crippen molar-refractivity contribution in [3.8, 4) is 0 Å². The summed E-state index contributed by atoms with van der Waals surface area (Å²) < 4.78 is 15.2. The number of carboxylic acids is 1. The Labute approximate surface area is 321 Å². The van der Waals surface area contributed by atoms with E-state index in [9.17, 15) is 38.7 Å². The predicted molar refractivity (Wildman–Crippen MR) is 202 cm³/mol. The molecular weight excluding hydrogens is 714 g/mol. The Morgan fingerprint density at radius 2 is 1.13 bits per heavy atom. The Bertz CT molecular complexity index is 1620. The van der Waals surface area contributed by atoms with Crippen molar-refractivity contribution in [1.29, 1.82) is 0 Å². The molecule has 6 N–H and O–H groups in total. The van der Waals surface area contributed by atoms with Crippen molar-refractivity contribution >= 4 is 41.8 Å². The molecule has 16 nitrogen and oxygen atoms in total. The van der Waals surface area contributed by atoms with Gasteiger partial charge < -0.3 is 45.9 Å². The Kier molecular flexibility index (Phi) is 17.6. The summed E-state index contributed by atoms with van der Waals surface area (Å²) in [4.78, 5) is 87.4. The van der Waals surface area contributed by atoms with E-state index in [1.807, 2.05) is 19.1 Å². The SMILES string of the molecule is COC(=O)C(CC(C)Cc1ccc(CC(NC(=O)OC(C)(C)C)C(=O)O)cc1)NC(=O)C(Cc1ccccc1)NC(=O)CNC(=O)CNC(=O)OC(C)(C)C. The standard InChI is InChI=1S/C39H55N5O11/c1-24(18-26-14-16-27(17-15-26)21-29(34(48)49)44-37(52)55-39(5,6)7)19-30(35(50)53-8)43-33(47)28(20-25-12-10-9-11-13-25)42-32(46)23-40-31(45)22-41-36(51)54-38(2,3)4/h9-17,24,28-30H,18-23H2,1-8H3,(H,40,45)(H,41,51)(H,42,46)(H,43,47)(H,44,52)(H,48,49). The highest BCUT2D eigenvalue weighted by atomic mass is 16.6. The first-order chi connectivity index (χ1) is 25.6. The first-order valence-corrected chi connectivity index (χ1v) is 17.9. The van der Waals surface area contributed by atoms with Gasteiger partial charge in [0.25, 0.3) is 0 Å². The van der Waals surface area contributed by atoms with Crippen molar-refractivity contribution in [1.82, 2.24) is 26.6 Å². The quantitative estimate of drug-likeness (QED) is 0.0955. The second-order valence-corrected chi connectivity index (χ2v) is 15.1. The van der Waals surface area contributed by atoms with Crippen LogP contribution in [0, 0.1) is 5.92 Å². The van der Waals surface area contributed by atoms with E-state index in [1.165, 1.54) is 7.11 Å². The van der Waals surface area contributed by atoms with E-state index >= 15 is 0 Å². The van der Waals surface area contributed by atoms with Crippen LogP contribution in [0.5, 0.6) is 0 Å². The predicted octanol–water partition coefficient (Wildman–Crippen LogP) is 2.80. The molecule has 0 saturated carbocycles. The molecule has 0 aliphatic carbocycles. The van der Waals surface area contributed by atoms with Crippen LogP contribution in [0.1, 0.15) is 71.6 Å². The molecule has 0 aromatic heterocycles. The minimum atomic E-state index is -1.21. The summed E-state index contributed by atoms with van der Waals surface area (Å²) in [5.41, 5.74) is 0.746. The first kappa shape index (κ1) is 45.5. The third kappa shape index (κ3) is 18.8. The first-order valence-electron chi connectivity index (χ1n) is 17.9. The molecule has 16 heteroatoms. The van der Waals surface area contributed by atoms with E-state index in [2.05, 4.69) is 26.6 Å². The van der Waals surface area contributed by atoms with Gasteiger partial charge in [-0.2, -0.15) is 0 Å². The fraction of sp³-hybridized carbons (Fsp3) is 0.513. The smallest absolute Gasteiger partial charge is 0.408 e. The van der Waals surface area contributed by atoms with E-state index in [-0.39, 0.29) is 25.2 Å². The van der Waals surface area contributed by atoms with Gasteiger partial charge in [0.2, 0.25) is 17.7 Å². The van der Waals surface area contributed by atoms with Gasteiger partial charge in [0, 0.05) is 12.8 Å². The van der Waals surface area contributed by atoms with Crippen LogP contribution in [0.4, 0.5) is 9.59 Å². The monoisotopic (exact) mass is 769 g/mol. The molecule has 2 aromatic carbocycles. The molecule has 4 atom stereocenters. The minimum Gasteiger partial charge on any atom is -0.480 e. The number of hydrogen-bond donors (Lipinski definition) is 6. The number of esters is 1. The van der Waals surface area contributed by atoms with Crippen molar-refractivity contribution in [3.63, 3.8) is 0 Å². The third-order valence-electron chi connectivity index (χ3n) is 7.65. The van der Waals surface area contributed by atoms with Gasteiger partial charge in [-0.3, -0.25) is 14.4 Å². The molecule has 0 fully saturated rings. The highest BCUT2D eigenvalue weighted by Crippen LogP contribution is 2.17. The molecule has 0 heterocycles. The summed E-state index contributed by atoms with van der Waals surface area (Å²) in [5.74, 6) is -4.01. The number of alkyl carbamates (subject to hydrolysis) is 2. The van der Waals surface area contributed by atoms with Crippen LogP contribution in [0.3, 0.4) is 0 Å². The lowest BCUT2D eigenvalue weighted by Gasteiger charge is -2.24. The van der Waals surface area contributed by atoms with E-state index < -0.39 is 84.3 Å². The average Bonchev–Trinajstić information content (AvgIpc) is 3.08. The molecule has 0 radical (unpaired) electrons. The largest absolute Gasteiger partial charge is 0.480 e. The third-order valence-corrected chi connectivity index (χ3v) is 7.65. The van der Waals surface area contributed by atoms with Crippen LogP contribution >= 0.6 is 0 Å². The van der Waals surface area contributed by atoms with Crippen LogP contribution in [-0.4, -0.2) is 96.5 Å². The Morgan fingerprint density at radius 3 is 1.67 bits per heavy atom. The summed E-state index contributed by atoms with van der Waals surface area (Å²) in [6.45, 7) is 11.0. The summed E-state index contributed by atoms with van der Waals surface area (Å²) in [5, 5.41) is 22.0. The van der Waals surface area contributed by atoms with E-state index in [1.54, 1.807) is 84.0 Å². The number of hydrogen-bond acceptors (Lipinski definition) is 10. The van der Waals surface area contributed by atoms with Gasteiger partial charge in [-0.1, -0.05) is 61.5 Å². The number of carbonyl (C=O) groups is 7. The Morgan fingerprint density at radius 1 is 0.618 bits per heavy atom. The topological polar surface area (TPSA) is 228 Å². The average molecular weight is 770 g/mol. The second kappa shape index (κ2) is 21.3. The second-order valence-electron chi connectivity index (χ2n) is 15.1. The fourth-order valence-corrected chi connectivity index (χ4v) is 5.23. The normalized spacial score (nSPS) is 13.5. The van der Waals surface area contributed by atoms with Gasteiger partial charge >= 0.3 is 24.1 Å². The molecule has 302 valence electrons. The molecule has 5 amide bonds. The molecule has 2 rings (SSSR count). The van der Waals surface area contributed by atoms with Crippen LogP contribution < -0.4 is 26.6 Å². The van der Waals surface area contributed by atoms with Gasteiger partial charge in [-0.15, -0.1) is 0 Å². The lowest BCUT2D eigenvalue weighted by Crippen LogP contribution is -2.54. The van der Waals surface area contributed by atoms with Crippen LogP contribution in [0.15, 0.2) is 54.6 Å². The number of nitrogens with one attached hydrogen (secondary N) is 5. The molecule has 0 saturated heterocycles. The summed E-state index contributed by atoms with van der Waals surface area (Å²) in [6.07, 6.45) is -0.835. The zero-order chi connectivity index (χ0) is 41.3. The van der Waals surface area contributed by atoms with E-state index in [0.29, 0.717) is 12.0 Å². The summed E-state index contributed by atoms with van der Waals surface area (Å²) in [7, 11) is 1.20. The maximum Gasteiger partial charge on any atom is 0.408 e. The minimum absolute atomic E-state index is 0.0270. The molecule has 0 aliphatic heterocycles. The lowest BCUT2D eigenvalue weighted by atomic mass is 9.93. The van der Waals surface area contributed by atoms with Crippen molar-refractivity contribution in [2.75, 3.05) is 20.2 Å². The van der Waals surface area contributed by atoms with Gasteiger partial charge in [0.15, 0.2) is 0 Å². The maximum absolute atomic E-state index is 13.6. The van der Waals surface area contributed by atoms with E-state index in [4.69, 9.17) is 14.2 Å². The van der Waals surface area contributed by atoms with Crippen LogP contribution in [0.2, 0.25) is 0 Å². The van der Waals surface area contributed by atoms with Crippen molar-refractivity contribution in [3.05, 3.63) is 71.3 Å². The van der Waals surface area contributed by atoms with Crippen molar-refractivity contribution in [2.45, 2.75) is 103 Å². The van der Waals surface area contributed by atoms with Crippen LogP contribution in [-0.2, 0) is 57.4 Å². The number of rotatable bonds is 18. The maximum atomic E-state index is 13.6. The molecular formula is C39H55N5O11. The zero-order valence-electron chi connectivity index (χ0n) is 32.8. The van der Waals surface area contributed by atoms with Crippen molar-refractivity contribution < 1.29 is 52.9 Å². The summed E-state index contributed by atoms with van der Waals surface area (Å²) >= 11 is 0. The number of methoxy groups -OCH3 is 1. The molecule has 55 heavy (non-hydrogen) atoms. The van der Waals surface area contributed by atoms with Crippen LogP contribution in [0.25, 0.3) is 0 Å². The Hall–Kier alpha value is -5.67. The summed E-state index contributed by atoms with van der Waals surface area (Å²) in [6, 6.07) is 12.7. The van der Waals surface area contributed by atoms with Crippen molar-refractivity contribution in [2.24, 2.45) is 5.92 Å². The zero-order valence-corrected chi connectivity index (χ0v) is 32.8. The molecule has 0 aliphatic rings. The number of amides is 5. The van der Waals surface area contributed by atoms with Gasteiger partial charge in [0.1, 0.15) is 35.9 Å². The van der Waals surface area contributed by atoms with Gasteiger partial charge in [-0.25, -0.2) is 19.2 Å². The highest BCUT2D eigenvalue weighted by Gasteiger charge is 2.29. The number of ether oxygens (including phenoxy) is 3. The fourth-order valence-electron chi connectivity index (χ4n) is 5.23. The Balaban J connectivity index is 2.05. The molecule has 0 spiro atoms. The van der Waals surface area contributed by atoms with Gasteiger partial charge in [-0.05, 0) is 77.0 Å². The molecule has 4 unspecified atom stereocenters. The molecule has 0 bridgehead atoms. The van der Waals surface area contributed by atoms with E-state index in [0.717, 1.165) is 11.1 Å². The molecule has 2 aromatic rings. The number of carboxylic acid groups (broad SMARTS) is 1. The number of carbonyl (C=O) groups excluding carboxylic acids is 6.